The highest BCUT2D eigenvalue weighted by molar-refractivity contribution is 5.92. The van der Waals surface area contributed by atoms with Gasteiger partial charge in [-0.1, -0.05) is 12.1 Å². The normalized spacial score (nSPS) is 16.8. The average molecular weight is 536 g/mol. The van der Waals surface area contributed by atoms with Crippen molar-refractivity contribution in [3.8, 4) is 11.8 Å². The number of ether oxygens (including phenoxy) is 1. The van der Waals surface area contributed by atoms with Gasteiger partial charge in [-0.25, -0.2) is 4.98 Å². The highest BCUT2D eigenvalue weighted by Crippen LogP contribution is 2.31. The minimum atomic E-state index is -4.34. The van der Waals surface area contributed by atoms with Crippen LogP contribution in [0.5, 0.6) is 5.75 Å². The first-order valence-corrected chi connectivity index (χ1v) is 12.8. The fraction of sp³-hybridized carbons (Fsp3) is 0.345. The van der Waals surface area contributed by atoms with Gasteiger partial charge in [-0.3, -0.25) is 9.69 Å². The molecule has 0 atom stereocenters. The van der Waals surface area contributed by atoms with Crippen molar-refractivity contribution in [2.45, 2.75) is 37.7 Å². The topological polar surface area (TPSA) is 81.5 Å². The number of pyridine rings is 1. The Hall–Kier alpha value is -4.10. The van der Waals surface area contributed by atoms with E-state index < -0.39 is 11.7 Å². The molecule has 1 N–H and O–H groups in total. The molecular weight excluding hydrogens is 507 g/mol. The number of carbonyl (C=O) groups is 1. The Morgan fingerprint density at radius 3 is 2.31 bits per heavy atom. The third-order valence-corrected chi connectivity index (χ3v) is 7.06. The van der Waals surface area contributed by atoms with Gasteiger partial charge in [0.15, 0.2) is 0 Å². The van der Waals surface area contributed by atoms with Crippen LogP contribution in [0.2, 0.25) is 0 Å². The molecule has 39 heavy (non-hydrogen) atoms. The number of piperidine rings is 1. The number of nitriles is 1. The molecule has 7 nitrogen and oxygen atoms in total. The summed E-state index contributed by atoms with van der Waals surface area (Å²) in [4.78, 5) is 21.1. The maximum absolute atomic E-state index is 12.8. The van der Waals surface area contributed by atoms with Crippen LogP contribution in [0.15, 0.2) is 66.9 Å². The number of aromatic nitrogens is 1. The summed E-state index contributed by atoms with van der Waals surface area (Å²) in [6.45, 7) is 3.61. The minimum absolute atomic E-state index is 0.0331. The van der Waals surface area contributed by atoms with E-state index in [-0.39, 0.29) is 18.1 Å². The average Bonchev–Trinajstić information content (AvgIpc) is 2.92. The van der Waals surface area contributed by atoms with Gasteiger partial charge in [0, 0.05) is 51.3 Å². The molecule has 3 aromatic rings. The van der Waals surface area contributed by atoms with Gasteiger partial charge in [0.05, 0.1) is 29.4 Å². The fourth-order valence-electron chi connectivity index (χ4n) is 4.86. The standard InChI is InChI=1S/C29H28F3N5O2/c30-29(31,32)22-5-7-24(8-6-22)37-13-11-25(12-14-37)39-26-9-10-27(34-16-26)28(38)35-23-18-36(19-23)17-21-3-1-20(15-33)2-4-21/h1-10,16,23,25H,11-14,17-19H2,(H,35,38). The predicted octanol–water partition coefficient (Wildman–Crippen LogP) is 4.63. The monoisotopic (exact) mass is 535 g/mol. The summed E-state index contributed by atoms with van der Waals surface area (Å²) >= 11 is 0. The quantitative estimate of drug-likeness (QED) is 0.475. The molecule has 5 rings (SSSR count). The van der Waals surface area contributed by atoms with Crippen LogP contribution in [0.3, 0.4) is 0 Å². The zero-order chi connectivity index (χ0) is 27.4. The number of amides is 1. The van der Waals surface area contributed by atoms with E-state index in [9.17, 15) is 18.0 Å². The zero-order valence-electron chi connectivity index (χ0n) is 21.2. The highest BCUT2D eigenvalue weighted by Gasteiger charge is 2.31. The number of alkyl halides is 3. The number of nitrogens with zero attached hydrogens (tertiary/aromatic N) is 4. The van der Waals surface area contributed by atoms with E-state index in [4.69, 9.17) is 10.00 Å². The fourth-order valence-corrected chi connectivity index (χ4v) is 4.86. The smallest absolute Gasteiger partial charge is 0.416 e. The van der Waals surface area contributed by atoms with Gasteiger partial charge in [-0.2, -0.15) is 18.4 Å². The van der Waals surface area contributed by atoms with Crippen LogP contribution < -0.4 is 15.0 Å². The van der Waals surface area contributed by atoms with Crippen molar-refractivity contribution >= 4 is 11.6 Å². The maximum Gasteiger partial charge on any atom is 0.416 e. The second-order valence-corrected chi connectivity index (χ2v) is 9.90. The van der Waals surface area contributed by atoms with Crippen LogP contribution in [0, 0.1) is 11.3 Å². The summed E-state index contributed by atoms with van der Waals surface area (Å²) in [6, 6.07) is 18.3. The number of hydrogen-bond donors (Lipinski definition) is 1. The van der Waals surface area contributed by atoms with Gasteiger partial charge in [0.25, 0.3) is 5.91 Å². The zero-order valence-corrected chi connectivity index (χ0v) is 21.2. The van der Waals surface area contributed by atoms with Gasteiger partial charge in [0.2, 0.25) is 0 Å². The molecule has 0 saturated carbocycles. The van der Waals surface area contributed by atoms with Crippen LogP contribution in [0.4, 0.5) is 18.9 Å². The summed E-state index contributed by atoms with van der Waals surface area (Å²) in [5.41, 5.74) is 2.20. The molecule has 0 radical (unpaired) electrons. The van der Waals surface area contributed by atoms with Crippen LogP contribution in [0.1, 0.15) is 40.0 Å². The second kappa shape index (κ2) is 11.3. The molecule has 3 heterocycles. The van der Waals surface area contributed by atoms with Crippen molar-refractivity contribution in [1.29, 1.82) is 5.26 Å². The Morgan fingerprint density at radius 2 is 1.72 bits per heavy atom. The van der Waals surface area contributed by atoms with Crippen molar-refractivity contribution in [2.75, 3.05) is 31.1 Å². The van der Waals surface area contributed by atoms with Crippen molar-refractivity contribution < 1.29 is 22.7 Å². The largest absolute Gasteiger partial charge is 0.489 e. The molecule has 2 aliphatic heterocycles. The molecule has 2 saturated heterocycles. The molecule has 0 unspecified atom stereocenters. The van der Waals surface area contributed by atoms with Crippen LogP contribution in [0.25, 0.3) is 0 Å². The van der Waals surface area contributed by atoms with E-state index >= 15 is 0 Å². The highest BCUT2D eigenvalue weighted by atomic mass is 19.4. The van der Waals surface area contributed by atoms with Gasteiger partial charge < -0.3 is 15.0 Å². The Balaban J connectivity index is 1.04. The Kier molecular flexibility index (Phi) is 7.70. The number of nitrogens with one attached hydrogen (secondary N) is 1. The summed E-state index contributed by atoms with van der Waals surface area (Å²) in [7, 11) is 0. The number of carbonyl (C=O) groups excluding carboxylic acids is 1. The lowest BCUT2D eigenvalue weighted by molar-refractivity contribution is -0.137. The second-order valence-electron chi connectivity index (χ2n) is 9.90. The lowest BCUT2D eigenvalue weighted by Crippen LogP contribution is -2.58. The molecule has 0 aliphatic carbocycles. The van der Waals surface area contributed by atoms with Crippen LogP contribution in [-0.4, -0.2) is 54.1 Å². The molecule has 0 bridgehead atoms. The number of anilines is 1. The molecule has 10 heteroatoms. The molecular formula is C29H28F3N5O2. The molecule has 2 aromatic carbocycles. The van der Waals surface area contributed by atoms with Crippen molar-refractivity contribution in [1.82, 2.24) is 15.2 Å². The SMILES string of the molecule is N#Cc1ccc(CN2CC(NC(=O)c3ccc(OC4CCN(c5ccc(C(F)(F)F)cc5)CC4)cn3)C2)cc1. The predicted molar refractivity (Wildman–Crippen MR) is 139 cm³/mol. The summed E-state index contributed by atoms with van der Waals surface area (Å²) in [5.74, 6) is 0.353. The number of halogens is 3. The first-order valence-electron chi connectivity index (χ1n) is 12.8. The van der Waals surface area contributed by atoms with Gasteiger partial charge in [-0.05, 0) is 54.1 Å². The van der Waals surface area contributed by atoms with Gasteiger partial charge in [0.1, 0.15) is 17.5 Å². The Morgan fingerprint density at radius 1 is 1.03 bits per heavy atom. The summed E-state index contributed by atoms with van der Waals surface area (Å²) in [5, 5.41) is 11.9. The Labute approximate surface area is 224 Å². The van der Waals surface area contributed by atoms with E-state index in [1.54, 1.807) is 30.5 Å². The molecule has 1 aromatic heterocycles. The minimum Gasteiger partial charge on any atom is -0.489 e. The van der Waals surface area contributed by atoms with Crippen molar-refractivity contribution in [3.05, 3.63) is 89.2 Å². The summed E-state index contributed by atoms with van der Waals surface area (Å²) < 4.78 is 44.4. The third-order valence-electron chi connectivity index (χ3n) is 7.06. The number of rotatable bonds is 7. The van der Waals surface area contributed by atoms with E-state index in [1.807, 2.05) is 12.1 Å². The molecule has 2 fully saturated rings. The van der Waals surface area contributed by atoms with Crippen LogP contribution >= 0.6 is 0 Å². The van der Waals surface area contributed by atoms with E-state index in [1.165, 1.54) is 12.1 Å². The van der Waals surface area contributed by atoms with Gasteiger partial charge >= 0.3 is 6.18 Å². The molecule has 0 spiro atoms. The van der Waals surface area contributed by atoms with Gasteiger partial charge in [-0.15, -0.1) is 0 Å². The first kappa shape index (κ1) is 26.5. The third kappa shape index (κ3) is 6.67. The Bertz CT molecular complexity index is 1310. The summed E-state index contributed by atoms with van der Waals surface area (Å²) in [6.07, 6.45) is -1.37. The first-order chi connectivity index (χ1) is 18.8. The van der Waals surface area contributed by atoms with E-state index in [2.05, 4.69) is 26.2 Å². The maximum atomic E-state index is 12.8. The number of likely N-dealkylation sites (tertiary alicyclic amines) is 1. The number of hydrogen-bond acceptors (Lipinski definition) is 6. The lowest BCUT2D eigenvalue weighted by Gasteiger charge is -2.39. The van der Waals surface area contributed by atoms with Crippen molar-refractivity contribution in [2.24, 2.45) is 0 Å². The van der Waals surface area contributed by atoms with E-state index in [0.29, 0.717) is 30.1 Å². The van der Waals surface area contributed by atoms with Crippen molar-refractivity contribution in [3.63, 3.8) is 0 Å². The van der Waals surface area contributed by atoms with E-state index in [0.717, 1.165) is 55.9 Å². The molecule has 1 amide bonds. The number of benzene rings is 2. The molecule has 202 valence electrons. The molecule has 2 aliphatic rings. The van der Waals surface area contributed by atoms with Crippen LogP contribution in [-0.2, 0) is 12.7 Å². The lowest BCUT2D eigenvalue weighted by atomic mass is 10.1.